The summed E-state index contributed by atoms with van der Waals surface area (Å²) in [6.45, 7) is 6.59. The van der Waals surface area contributed by atoms with Crippen LogP contribution in [0.25, 0.3) is 0 Å². The molecular formula is C34H41F4N3O2S. The fraction of sp³-hybridized carbons (Fsp3) is 0.529. The molecule has 2 aromatic carbocycles. The van der Waals surface area contributed by atoms with E-state index in [2.05, 4.69) is 9.88 Å². The highest BCUT2D eigenvalue weighted by Gasteiger charge is 2.42. The molecule has 238 valence electrons. The minimum atomic E-state index is -4.36. The predicted octanol–water partition coefficient (Wildman–Crippen LogP) is 7.67. The summed E-state index contributed by atoms with van der Waals surface area (Å²) in [7, 11) is 1.91. The van der Waals surface area contributed by atoms with Crippen molar-refractivity contribution in [1.82, 2.24) is 14.8 Å². The van der Waals surface area contributed by atoms with E-state index in [1.54, 1.807) is 29.5 Å². The first-order chi connectivity index (χ1) is 20.9. The van der Waals surface area contributed by atoms with Gasteiger partial charge in [0.25, 0.3) is 0 Å². The molecule has 1 aliphatic carbocycles. The number of aliphatic carboxylic acids is 1. The van der Waals surface area contributed by atoms with Crippen molar-refractivity contribution in [3.8, 4) is 0 Å². The topological polar surface area (TPSA) is 56.7 Å². The quantitative estimate of drug-likeness (QED) is 0.233. The van der Waals surface area contributed by atoms with Crippen LogP contribution in [0.4, 0.5) is 17.6 Å². The second-order valence-electron chi connectivity index (χ2n) is 12.8. The second kappa shape index (κ2) is 13.7. The number of rotatable bonds is 10. The number of carbonyl (C=O) groups is 1. The standard InChI is InChI=1S/C34H41F4N3O2S/c1-21(2)32(33(42)43)40(3)28-17-25(29(18-28)24-7-5-9-27(35)16-24)20-41-12-10-23(11-13-41)30-19-39-31(44-30)15-22-6-4-8-26(14-22)34(36,37)38/h4-9,14,16,19,21,23,25,28-29,32H,10-13,15,17-18,20H2,1-3H3,(H,42,43)/t25-,28+,29-,32-/m1/s1. The molecule has 1 saturated heterocycles. The number of piperidine rings is 1. The lowest BCUT2D eigenvalue weighted by atomic mass is 9.87. The van der Waals surface area contributed by atoms with Crippen LogP contribution in [-0.2, 0) is 17.4 Å². The lowest BCUT2D eigenvalue weighted by molar-refractivity contribution is -0.145. The molecule has 1 aromatic heterocycles. The molecule has 2 fully saturated rings. The van der Waals surface area contributed by atoms with Gasteiger partial charge in [-0.2, -0.15) is 13.2 Å². The number of benzene rings is 2. The molecule has 4 atom stereocenters. The Kier molecular flexibility index (Phi) is 10.1. The molecule has 0 bridgehead atoms. The van der Waals surface area contributed by atoms with Gasteiger partial charge in [0.2, 0.25) is 0 Å². The van der Waals surface area contributed by atoms with Gasteiger partial charge in [0.05, 0.1) is 10.6 Å². The number of carboxylic acid groups (broad SMARTS) is 1. The number of hydrogen-bond acceptors (Lipinski definition) is 5. The van der Waals surface area contributed by atoms with Crippen LogP contribution in [0.2, 0.25) is 0 Å². The van der Waals surface area contributed by atoms with Crippen molar-refractivity contribution in [3.63, 3.8) is 0 Å². The smallest absolute Gasteiger partial charge is 0.416 e. The Morgan fingerprint density at radius 2 is 1.84 bits per heavy atom. The largest absolute Gasteiger partial charge is 0.480 e. The van der Waals surface area contributed by atoms with Gasteiger partial charge in [-0.25, -0.2) is 9.37 Å². The van der Waals surface area contributed by atoms with Crippen molar-refractivity contribution in [2.45, 2.75) is 76.0 Å². The van der Waals surface area contributed by atoms with Gasteiger partial charge in [0.15, 0.2) is 0 Å². The fourth-order valence-electron chi connectivity index (χ4n) is 7.29. The normalized spacial score (nSPS) is 22.6. The lowest BCUT2D eigenvalue weighted by Crippen LogP contribution is -2.47. The van der Waals surface area contributed by atoms with Gasteiger partial charge in [-0.15, -0.1) is 11.3 Å². The van der Waals surface area contributed by atoms with Gasteiger partial charge < -0.3 is 10.0 Å². The highest BCUT2D eigenvalue weighted by molar-refractivity contribution is 7.11. The number of halogens is 4. The molecular weight excluding hydrogens is 590 g/mol. The number of carboxylic acids is 1. The van der Waals surface area contributed by atoms with Crippen molar-refractivity contribution in [2.75, 3.05) is 26.7 Å². The van der Waals surface area contributed by atoms with Crippen molar-refractivity contribution in [2.24, 2.45) is 11.8 Å². The Morgan fingerprint density at radius 1 is 1.11 bits per heavy atom. The molecule has 5 rings (SSSR count). The minimum Gasteiger partial charge on any atom is -0.480 e. The summed E-state index contributed by atoms with van der Waals surface area (Å²) in [5, 5.41) is 10.7. The van der Waals surface area contributed by atoms with Crippen LogP contribution in [0.1, 0.15) is 77.9 Å². The molecule has 0 amide bonds. The van der Waals surface area contributed by atoms with Crippen LogP contribution in [0, 0.1) is 17.7 Å². The molecule has 0 spiro atoms. The number of alkyl halides is 3. The third-order valence-electron chi connectivity index (χ3n) is 9.51. The fourth-order valence-corrected chi connectivity index (χ4v) is 8.41. The lowest BCUT2D eigenvalue weighted by Gasteiger charge is -2.35. The van der Waals surface area contributed by atoms with Crippen LogP contribution < -0.4 is 0 Å². The maximum absolute atomic E-state index is 14.2. The maximum atomic E-state index is 14.2. The maximum Gasteiger partial charge on any atom is 0.416 e. The van der Waals surface area contributed by atoms with Crippen molar-refractivity contribution in [1.29, 1.82) is 0 Å². The first-order valence-electron chi connectivity index (χ1n) is 15.4. The van der Waals surface area contributed by atoms with E-state index in [1.165, 1.54) is 23.1 Å². The highest BCUT2D eigenvalue weighted by Crippen LogP contribution is 2.44. The molecule has 5 nitrogen and oxygen atoms in total. The summed E-state index contributed by atoms with van der Waals surface area (Å²) in [6.07, 6.45) is 1.51. The molecule has 1 N–H and O–H groups in total. The predicted molar refractivity (Wildman–Crippen MR) is 164 cm³/mol. The summed E-state index contributed by atoms with van der Waals surface area (Å²) in [6, 6.07) is 11.8. The van der Waals surface area contributed by atoms with Gasteiger partial charge in [0, 0.05) is 30.1 Å². The Morgan fingerprint density at radius 3 is 2.50 bits per heavy atom. The Hall–Kier alpha value is -2.82. The Bertz CT molecular complexity index is 1420. The molecule has 2 heterocycles. The monoisotopic (exact) mass is 631 g/mol. The zero-order chi connectivity index (χ0) is 31.6. The summed E-state index contributed by atoms with van der Waals surface area (Å²) < 4.78 is 53.6. The molecule has 10 heteroatoms. The van der Waals surface area contributed by atoms with Crippen LogP contribution in [0.15, 0.2) is 54.7 Å². The molecule has 2 aliphatic rings. The van der Waals surface area contributed by atoms with Gasteiger partial charge in [0.1, 0.15) is 11.9 Å². The van der Waals surface area contributed by atoms with Crippen LogP contribution in [-0.4, -0.2) is 64.6 Å². The van der Waals surface area contributed by atoms with Crippen molar-refractivity contribution in [3.05, 3.63) is 87.1 Å². The van der Waals surface area contributed by atoms with Gasteiger partial charge in [-0.3, -0.25) is 9.69 Å². The Labute approximate surface area is 260 Å². The average molecular weight is 632 g/mol. The molecule has 1 aliphatic heterocycles. The number of aromatic nitrogens is 1. The molecule has 3 aromatic rings. The second-order valence-corrected chi connectivity index (χ2v) is 14.0. The summed E-state index contributed by atoms with van der Waals surface area (Å²) in [5.74, 6) is -0.288. The zero-order valence-electron chi connectivity index (χ0n) is 25.4. The SMILES string of the molecule is CC(C)[C@H](C(=O)O)N(C)[C@H]1C[C@H](CN2CCC(c3cnc(Cc4cccc(C(F)(F)F)c4)s3)CC2)[C@@H](c2cccc(F)c2)C1. The zero-order valence-corrected chi connectivity index (χ0v) is 26.3. The molecule has 0 unspecified atom stereocenters. The Balaban J connectivity index is 1.22. The van der Waals surface area contributed by atoms with Crippen LogP contribution >= 0.6 is 11.3 Å². The van der Waals surface area contributed by atoms with Crippen LogP contribution in [0.3, 0.4) is 0 Å². The van der Waals surface area contributed by atoms with Gasteiger partial charge in [-0.05, 0) is 98.8 Å². The van der Waals surface area contributed by atoms with Crippen molar-refractivity contribution >= 4 is 17.3 Å². The first kappa shape index (κ1) is 32.6. The van der Waals surface area contributed by atoms with E-state index in [4.69, 9.17) is 0 Å². The van der Waals surface area contributed by atoms with Gasteiger partial charge >= 0.3 is 12.1 Å². The van der Waals surface area contributed by atoms with E-state index < -0.39 is 23.8 Å². The van der Waals surface area contributed by atoms with Crippen molar-refractivity contribution < 1.29 is 27.5 Å². The molecule has 1 saturated carbocycles. The number of nitrogens with zero attached hydrogens (tertiary/aromatic N) is 3. The van der Waals surface area contributed by atoms with Crippen LogP contribution in [0.5, 0.6) is 0 Å². The number of likely N-dealkylation sites (N-methyl/N-ethyl adjacent to an activating group) is 1. The van der Waals surface area contributed by atoms with E-state index >= 15 is 0 Å². The van der Waals surface area contributed by atoms with E-state index in [-0.39, 0.29) is 29.6 Å². The molecule has 0 radical (unpaired) electrons. The third kappa shape index (κ3) is 7.69. The minimum absolute atomic E-state index is 0.0273. The number of hydrogen-bond donors (Lipinski definition) is 1. The first-order valence-corrected chi connectivity index (χ1v) is 16.2. The van der Waals surface area contributed by atoms with E-state index in [0.717, 1.165) is 62.0 Å². The average Bonchev–Trinajstić information content (AvgIpc) is 3.60. The van der Waals surface area contributed by atoms with E-state index in [1.807, 2.05) is 38.1 Å². The summed E-state index contributed by atoms with van der Waals surface area (Å²) >= 11 is 1.59. The highest BCUT2D eigenvalue weighted by atomic mass is 32.1. The summed E-state index contributed by atoms with van der Waals surface area (Å²) in [5.41, 5.74) is 0.947. The number of likely N-dealkylation sites (tertiary alicyclic amines) is 1. The van der Waals surface area contributed by atoms with E-state index in [9.17, 15) is 27.5 Å². The third-order valence-corrected chi connectivity index (χ3v) is 10.7. The molecule has 44 heavy (non-hydrogen) atoms. The summed E-state index contributed by atoms with van der Waals surface area (Å²) in [4.78, 5) is 22.3. The van der Waals surface area contributed by atoms with Gasteiger partial charge in [-0.1, -0.05) is 44.2 Å². The number of thiazole rings is 1. The van der Waals surface area contributed by atoms with E-state index in [0.29, 0.717) is 17.9 Å².